The molecule has 2 unspecified atom stereocenters. The van der Waals surface area contributed by atoms with Crippen LogP contribution in [0.4, 0.5) is 0 Å². The van der Waals surface area contributed by atoms with Crippen LogP contribution in [0.3, 0.4) is 0 Å². The summed E-state index contributed by atoms with van der Waals surface area (Å²) in [5.41, 5.74) is 0. The van der Waals surface area contributed by atoms with Crippen molar-refractivity contribution in [2.45, 2.75) is 39.8 Å². The second-order valence-corrected chi connectivity index (χ2v) is 8.15. The Morgan fingerprint density at radius 3 is 2.47 bits per heavy atom. The largest absolute Gasteiger partial charge is 0.306 e. The molecule has 5 heteroatoms. The van der Waals surface area contributed by atoms with Crippen LogP contribution in [0.15, 0.2) is 12.1 Å². The Morgan fingerprint density at radius 2 is 2.00 bits per heavy atom. The molecule has 0 amide bonds. The summed E-state index contributed by atoms with van der Waals surface area (Å²) < 4.78 is 23.0. The minimum absolute atomic E-state index is 0.0163. The van der Waals surface area contributed by atoms with Crippen molar-refractivity contribution in [2.75, 3.05) is 11.5 Å². The normalized spacial score (nSPS) is 15.8. The Labute approximate surface area is 108 Å². The molecule has 1 aromatic heterocycles. The van der Waals surface area contributed by atoms with E-state index in [-0.39, 0.29) is 23.6 Å². The van der Waals surface area contributed by atoms with Crippen LogP contribution < -0.4 is 5.32 Å². The standard InChI is InChI=1S/C12H21NO2S2/c1-5-17(14,15)8-9(2)13-11(4)12-7-6-10(3)16-12/h6-7,9,11,13H,5,8H2,1-4H3. The highest BCUT2D eigenvalue weighted by molar-refractivity contribution is 7.91. The van der Waals surface area contributed by atoms with Gasteiger partial charge in [0.05, 0.1) is 5.75 Å². The fourth-order valence-electron chi connectivity index (χ4n) is 1.74. The smallest absolute Gasteiger partial charge is 0.151 e. The second kappa shape index (κ2) is 5.98. The molecular formula is C12H21NO2S2. The van der Waals surface area contributed by atoms with E-state index in [1.54, 1.807) is 18.3 Å². The zero-order valence-electron chi connectivity index (χ0n) is 10.9. The molecule has 1 aromatic rings. The second-order valence-electron chi connectivity index (χ2n) is 4.44. The van der Waals surface area contributed by atoms with Crippen molar-refractivity contribution in [3.8, 4) is 0 Å². The number of thiophene rings is 1. The first-order valence-corrected chi connectivity index (χ1v) is 8.50. The molecular weight excluding hydrogens is 254 g/mol. The first kappa shape index (κ1) is 14.7. The molecule has 98 valence electrons. The van der Waals surface area contributed by atoms with Crippen LogP contribution in [-0.4, -0.2) is 26.0 Å². The Bertz CT molecular complexity index is 451. The SMILES string of the molecule is CCS(=O)(=O)CC(C)NC(C)c1ccc(C)s1. The lowest BCUT2D eigenvalue weighted by atomic mass is 10.2. The minimum atomic E-state index is -2.90. The van der Waals surface area contributed by atoms with E-state index in [0.29, 0.717) is 0 Å². The minimum Gasteiger partial charge on any atom is -0.306 e. The lowest BCUT2D eigenvalue weighted by Crippen LogP contribution is -2.35. The van der Waals surface area contributed by atoms with Crippen LogP contribution in [0.25, 0.3) is 0 Å². The number of hydrogen-bond acceptors (Lipinski definition) is 4. The van der Waals surface area contributed by atoms with Gasteiger partial charge >= 0.3 is 0 Å². The molecule has 1 rings (SSSR count). The number of rotatable bonds is 6. The monoisotopic (exact) mass is 275 g/mol. The summed E-state index contributed by atoms with van der Waals surface area (Å²) in [5, 5.41) is 3.33. The molecule has 1 heterocycles. The highest BCUT2D eigenvalue weighted by Crippen LogP contribution is 2.22. The topological polar surface area (TPSA) is 46.2 Å². The lowest BCUT2D eigenvalue weighted by Gasteiger charge is -2.18. The molecule has 2 atom stereocenters. The molecule has 0 aromatic carbocycles. The van der Waals surface area contributed by atoms with Crippen molar-refractivity contribution in [1.29, 1.82) is 0 Å². The number of aryl methyl sites for hydroxylation is 1. The number of hydrogen-bond donors (Lipinski definition) is 1. The molecule has 17 heavy (non-hydrogen) atoms. The van der Waals surface area contributed by atoms with Gasteiger partial charge in [-0.05, 0) is 32.9 Å². The first-order valence-electron chi connectivity index (χ1n) is 5.87. The molecule has 0 aliphatic carbocycles. The van der Waals surface area contributed by atoms with Gasteiger partial charge < -0.3 is 5.32 Å². The van der Waals surface area contributed by atoms with Crippen molar-refractivity contribution < 1.29 is 8.42 Å². The van der Waals surface area contributed by atoms with Crippen molar-refractivity contribution in [1.82, 2.24) is 5.32 Å². The van der Waals surface area contributed by atoms with E-state index < -0.39 is 9.84 Å². The third-order valence-corrected chi connectivity index (χ3v) is 5.74. The molecule has 3 nitrogen and oxygen atoms in total. The third-order valence-electron chi connectivity index (χ3n) is 2.67. The quantitative estimate of drug-likeness (QED) is 0.868. The van der Waals surface area contributed by atoms with Crippen LogP contribution in [0.2, 0.25) is 0 Å². The van der Waals surface area contributed by atoms with Gasteiger partial charge in [-0.15, -0.1) is 11.3 Å². The van der Waals surface area contributed by atoms with E-state index in [0.717, 1.165) is 0 Å². The fraction of sp³-hybridized carbons (Fsp3) is 0.667. The van der Waals surface area contributed by atoms with Gasteiger partial charge in [0.25, 0.3) is 0 Å². The lowest BCUT2D eigenvalue weighted by molar-refractivity contribution is 0.504. The maximum Gasteiger partial charge on any atom is 0.151 e. The number of nitrogens with one attached hydrogen (secondary N) is 1. The molecule has 0 fully saturated rings. The molecule has 0 aliphatic heterocycles. The fourth-order valence-corrected chi connectivity index (χ4v) is 3.72. The molecule has 0 saturated heterocycles. The van der Waals surface area contributed by atoms with Gasteiger partial charge in [-0.1, -0.05) is 6.92 Å². The Balaban J connectivity index is 2.54. The Hall–Kier alpha value is -0.390. The van der Waals surface area contributed by atoms with E-state index in [2.05, 4.69) is 31.3 Å². The number of sulfone groups is 1. The highest BCUT2D eigenvalue weighted by Gasteiger charge is 2.16. The summed E-state index contributed by atoms with van der Waals surface area (Å²) >= 11 is 1.75. The van der Waals surface area contributed by atoms with Crippen LogP contribution in [0.1, 0.15) is 36.6 Å². The van der Waals surface area contributed by atoms with Crippen molar-refractivity contribution in [3.05, 3.63) is 21.9 Å². The zero-order chi connectivity index (χ0) is 13.1. The average molecular weight is 275 g/mol. The van der Waals surface area contributed by atoms with Gasteiger partial charge in [-0.2, -0.15) is 0 Å². The third kappa shape index (κ3) is 4.77. The predicted octanol–water partition coefficient (Wildman–Crippen LogP) is 2.53. The molecule has 0 aliphatic rings. The van der Waals surface area contributed by atoms with Gasteiger partial charge in [-0.25, -0.2) is 8.42 Å². The van der Waals surface area contributed by atoms with Crippen LogP contribution in [0.5, 0.6) is 0 Å². The van der Waals surface area contributed by atoms with Crippen molar-refractivity contribution in [3.63, 3.8) is 0 Å². The highest BCUT2D eigenvalue weighted by atomic mass is 32.2. The summed E-state index contributed by atoms with van der Waals surface area (Å²) in [6.45, 7) is 7.75. The van der Waals surface area contributed by atoms with Crippen LogP contribution in [-0.2, 0) is 9.84 Å². The zero-order valence-corrected chi connectivity index (χ0v) is 12.5. The van der Waals surface area contributed by atoms with Crippen LogP contribution in [0, 0.1) is 6.92 Å². The Kier molecular flexibility index (Phi) is 5.16. The van der Waals surface area contributed by atoms with E-state index in [1.165, 1.54) is 9.75 Å². The van der Waals surface area contributed by atoms with E-state index in [4.69, 9.17) is 0 Å². The van der Waals surface area contributed by atoms with E-state index in [1.807, 2.05) is 6.92 Å². The van der Waals surface area contributed by atoms with Gasteiger partial charge in [0, 0.05) is 27.6 Å². The van der Waals surface area contributed by atoms with Crippen LogP contribution >= 0.6 is 11.3 Å². The molecule has 0 spiro atoms. The van der Waals surface area contributed by atoms with Gasteiger partial charge in [-0.3, -0.25) is 0 Å². The Morgan fingerprint density at radius 1 is 1.35 bits per heavy atom. The summed E-state index contributed by atoms with van der Waals surface area (Å²) in [6, 6.07) is 4.37. The predicted molar refractivity (Wildman–Crippen MR) is 74.4 cm³/mol. The van der Waals surface area contributed by atoms with Gasteiger partial charge in [0.1, 0.15) is 0 Å². The summed E-state index contributed by atoms with van der Waals surface area (Å²) in [5.74, 6) is 0.420. The molecule has 0 saturated carbocycles. The average Bonchev–Trinajstić information content (AvgIpc) is 2.64. The summed E-state index contributed by atoms with van der Waals surface area (Å²) in [6.07, 6.45) is 0. The van der Waals surface area contributed by atoms with E-state index in [9.17, 15) is 8.42 Å². The van der Waals surface area contributed by atoms with Gasteiger partial charge in [0.2, 0.25) is 0 Å². The van der Waals surface area contributed by atoms with E-state index >= 15 is 0 Å². The molecule has 0 bridgehead atoms. The molecule has 1 N–H and O–H groups in total. The van der Waals surface area contributed by atoms with Crippen molar-refractivity contribution >= 4 is 21.2 Å². The maximum absolute atomic E-state index is 11.5. The first-order chi connectivity index (χ1) is 7.84. The van der Waals surface area contributed by atoms with Gasteiger partial charge in [0.15, 0.2) is 9.84 Å². The maximum atomic E-state index is 11.5. The summed E-state index contributed by atoms with van der Waals surface area (Å²) in [4.78, 5) is 2.53. The van der Waals surface area contributed by atoms with Crippen molar-refractivity contribution in [2.24, 2.45) is 0 Å². The molecule has 0 radical (unpaired) electrons. The summed E-state index contributed by atoms with van der Waals surface area (Å²) in [7, 11) is -2.90.